The van der Waals surface area contributed by atoms with Crippen molar-refractivity contribution < 1.29 is 4.74 Å². The first-order valence-corrected chi connectivity index (χ1v) is 4.09. The minimum Gasteiger partial charge on any atom is -0.477 e. The molecule has 4 heteroatoms. The van der Waals surface area contributed by atoms with Crippen LogP contribution >= 0.6 is 12.6 Å². The van der Waals surface area contributed by atoms with Gasteiger partial charge in [-0.1, -0.05) is 6.92 Å². The molecule has 0 unspecified atom stereocenters. The van der Waals surface area contributed by atoms with E-state index in [-0.39, 0.29) is 0 Å². The van der Waals surface area contributed by atoms with Crippen molar-refractivity contribution in [3.63, 3.8) is 0 Å². The third kappa shape index (κ3) is 1.11. The first kappa shape index (κ1) is 7.03. The Morgan fingerprint density at radius 1 is 1.82 bits per heavy atom. The summed E-state index contributed by atoms with van der Waals surface area (Å²) in [7, 11) is 0. The predicted molar refractivity (Wildman–Crippen MR) is 44.1 cm³/mol. The Balaban J connectivity index is 2.36. The van der Waals surface area contributed by atoms with Crippen molar-refractivity contribution in [1.82, 2.24) is 9.78 Å². The van der Waals surface area contributed by atoms with Crippen LogP contribution < -0.4 is 4.74 Å². The van der Waals surface area contributed by atoms with Crippen LogP contribution in [-0.2, 0) is 6.54 Å². The number of hydrogen-bond donors (Lipinski definition) is 1. The van der Waals surface area contributed by atoms with Gasteiger partial charge in [-0.3, -0.25) is 0 Å². The molecule has 11 heavy (non-hydrogen) atoms. The highest BCUT2D eigenvalue weighted by Gasteiger charge is 2.18. The number of aromatic nitrogens is 2. The molecule has 0 bridgehead atoms. The van der Waals surface area contributed by atoms with Crippen molar-refractivity contribution in [2.45, 2.75) is 18.4 Å². The fraction of sp³-hybridized carbons (Fsp3) is 0.571. The maximum Gasteiger partial charge on any atom is 0.225 e. The van der Waals surface area contributed by atoms with Crippen LogP contribution in [0.5, 0.6) is 5.88 Å². The van der Waals surface area contributed by atoms with Crippen molar-refractivity contribution in [2.75, 3.05) is 6.61 Å². The molecular formula is C7H10N2OS. The molecule has 60 valence electrons. The third-order valence-corrected chi connectivity index (χ3v) is 2.07. The fourth-order valence-electron chi connectivity index (χ4n) is 1.21. The summed E-state index contributed by atoms with van der Waals surface area (Å²) in [5, 5.41) is 4.12. The minimum atomic E-state index is 0.551. The molecule has 2 heterocycles. The Bertz CT molecular complexity index is 271. The van der Waals surface area contributed by atoms with E-state index in [1.54, 1.807) is 6.20 Å². The van der Waals surface area contributed by atoms with Gasteiger partial charge in [0.2, 0.25) is 5.88 Å². The number of hydrogen-bond acceptors (Lipinski definition) is 3. The average molecular weight is 170 g/mol. The van der Waals surface area contributed by atoms with Gasteiger partial charge in [0.25, 0.3) is 0 Å². The van der Waals surface area contributed by atoms with Crippen LogP contribution in [0, 0.1) is 5.92 Å². The van der Waals surface area contributed by atoms with E-state index in [1.807, 2.05) is 4.68 Å². The van der Waals surface area contributed by atoms with Crippen LogP contribution in [0.4, 0.5) is 0 Å². The van der Waals surface area contributed by atoms with Crippen LogP contribution in [0.15, 0.2) is 11.1 Å². The summed E-state index contributed by atoms with van der Waals surface area (Å²) in [4.78, 5) is 0.830. The van der Waals surface area contributed by atoms with Gasteiger partial charge in [-0.25, -0.2) is 4.68 Å². The maximum atomic E-state index is 5.43. The lowest BCUT2D eigenvalue weighted by atomic mass is 10.2. The topological polar surface area (TPSA) is 27.1 Å². The summed E-state index contributed by atoms with van der Waals surface area (Å²) in [6, 6.07) is 0. The second-order valence-electron chi connectivity index (χ2n) is 2.93. The Labute approximate surface area is 70.8 Å². The highest BCUT2D eigenvalue weighted by molar-refractivity contribution is 7.80. The van der Waals surface area contributed by atoms with E-state index in [0.29, 0.717) is 5.92 Å². The summed E-state index contributed by atoms with van der Waals surface area (Å²) in [5.74, 6) is 1.36. The number of fused-ring (bicyclic) bond motifs is 1. The predicted octanol–water partition coefficient (Wildman–Crippen LogP) is 1.20. The molecule has 1 aliphatic heterocycles. The van der Waals surface area contributed by atoms with Crippen LogP contribution in [0.3, 0.4) is 0 Å². The quantitative estimate of drug-likeness (QED) is 0.592. The van der Waals surface area contributed by atoms with Gasteiger partial charge in [-0.15, -0.1) is 12.6 Å². The lowest BCUT2D eigenvalue weighted by molar-refractivity contribution is 0.171. The number of thiol groups is 1. The van der Waals surface area contributed by atoms with Crippen molar-refractivity contribution in [3.8, 4) is 5.88 Å². The highest BCUT2D eigenvalue weighted by atomic mass is 32.1. The second-order valence-corrected chi connectivity index (χ2v) is 3.42. The molecular weight excluding hydrogens is 160 g/mol. The van der Waals surface area contributed by atoms with Gasteiger partial charge < -0.3 is 4.74 Å². The molecule has 0 saturated carbocycles. The molecule has 0 aromatic carbocycles. The van der Waals surface area contributed by atoms with E-state index in [9.17, 15) is 0 Å². The Morgan fingerprint density at radius 2 is 2.64 bits per heavy atom. The number of rotatable bonds is 0. The van der Waals surface area contributed by atoms with E-state index < -0.39 is 0 Å². The minimum absolute atomic E-state index is 0.551. The maximum absolute atomic E-state index is 5.43. The van der Waals surface area contributed by atoms with E-state index >= 15 is 0 Å². The lowest BCUT2D eigenvalue weighted by Gasteiger charge is -2.20. The SMILES string of the molecule is C[C@@H]1COc2c(S)cnn2C1. The van der Waals surface area contributed by atoms with E-state index in [1.165, 1.54) is 0 Å². The molecule has 0 fully saturated rings. The largest absolute Gasteiger partial charge is 0.477 e. The van der Waals surface area contributed by atoms with Gasteiger partial charge in [-0.2, -0.15) is 5.10 Å². The summed E-state index contributed by atoms with van der Waals surface area (Å²) >= 11 is 4.21. The number of ether oxygens (including phenoxy) is 1. The molecule has 0 amide bonds. The van der Waals surface area contributed by atoms with Gasteiger partial charge in [0.15, 0.2) is 0 Å². The van der Waals surface area contributed by atoms with Crippen LogP contribution in [0.25, 0.3) is 0 Å². The van der Waals surface area contributed by atoms with Crippen molar-refractivity contribution in [3.05, 3.63) is 6.20 Å². The van der Waals surface area contributed by atoms with Gasteiger partial charge in [-0.05, 0) is 0 Å². The van der Waals surface area contributed by atoms with Crippen molar-refractivity contribution >= 4 is 12.6 Å². The zero-order valence-corrected chi connectivity index (χ0v) is 7.21. The standard InChI is InChI=1S/C7H10N2OS/c1-5-3-9-7(10-4-5)6(11)2-8-9/h2,5,11H,3-4H2,1H3/t5-/m0/s1. The highest BCUT2D eigenvalue weighted by Crippen LogP contribution is 2.26. The molecule has 0 spiro atoms. The van der Waals surface area contributed by atoms with E-state index in [0.717, 1.165) is 23.9 Å². The van der Waals surface area contributed by atoms with Gasteiger partial charge in [0.1, 0.15) is 0 Å². The van der Waals surface area contributed by atoms with Crippen LogP contribution in [-0.4, -0.2) is 16.4 Å². The molecule has 1 aromatic rings. The average Bonchev–Trinajstić information content (AvgIpc) is 2.32. The summed E-state index contributed by atoms with van der Waals surface area (Å²) < 4.78 is 7.29. The molecule has 0 radical (unpaired) electrons. The van der Waals surface area contributed by atoms with Crippen molar-refractivity contribution in [1.29, 1.82) is 0 Å². The Morgan fingerprint density at radius 3 is 3.45 bits per heavy atom. The molecule has 1 aliphatic rings. The Hall–Kier alpha value is -0.640. The normalized spacial score (nSPS) is 22.5. The summed E-state index contributed by atoms with van der Waals surface area (Å²) in [6.07, 6.45) is 1.72. The van der Waals surface area contributed by atoms with Crippen LogP contribution in [0.1, 0.15) is 6.92 Å². The lowest BCUT2D eigenvalue weighted by Crippen LogP contribution is -2.23. The monoisotopic (exact) mass is 170 g/mol. The molecule has 1 atom stereocenters. The first-order valence-electron chi connectivity index (χ1n) is 3.65. The van der Waals surface area contributed by atoms with E-state index in [2.05, 4.69) is 24.7 Å². The molecule has 0 aliphatic carbocycles. The third-order valence-electron chi connectivity index (χ3n) is 1.76. The molecule has 2 rings (SSSR count). The van der Waals surface area contributed by atoms with Gasteiger partial charge in [0.05, 0.1) is 24.2 Å². The first-order chi connectivity index (χ1) is 5.27. The molecule has 1 aromatic heterocycles. The zero-order valence-electron chi connectivity index (χ0n) is 6.32. The second kappa shape index (κ2) is 2.44. The zero-order chi connectivity index (χ0) is 7.84. The summed E-state index contributed by atoms with van der Waals surface area (Å²) in [6.45, 7) is 3.86. The smallest absolute Gasteiger partial charge is 0.225 e. The molecule has 3 nitrogen and oxygen atoms in total. The molecule has 0 N–H and O–H groups in total. The van der Waals surface area contributed by atoms with Crippen LogP contribution in [0.2, 0.25) is 0 Å². The summed E-state index contributed by atoms with van der Waals surface area (Å²) in [5.41, 5.74) is 0. The Kier molecular flexibility index (Phi) is 1.56. The van der Waals surface area contributed by atoms with E-state index in [4.69, 9.17) is 4.74 Å². The van der Waals surface area contributed by atoms with Crippen molar-refractivity contribution in [2.24, 2.45) is 5.92 Å². The molecule has 0 saturated heterocycles. The van der Waals surface area contributed by atoms with Gasteiger partial charge in [0, 0.05) is 5.92 Å². The van der Waals surface area contributed by atoms with Gasteiger partial charge >= 0.3 is 0 Å². The number of nitrogens with zero attached hydrogens (tertiary/aromatic N) is 2. The fourth-order valence-corrected chi connectivity index (χ4v) is 1.44.